The van der Waals surface area contributed by atoms with E-state index in [4.69, 9.17) is 15.3 Å². The Labute approximate surface area is 101 Å². The molecular weight excluding hydrogens is 204 g/mol. The fourth-order valence-electron chi connectivity index (χ4n) is 1.00. The van der Waals surface area contributed by atoms with Crippen molar-refractivity contribution in [3.63, 3.8) is 0 Å². The van der Waals surface area contributed by atoms with Gasteiger partial charge in [-0.15, -0.1) is 0 Å². The van der Waals surface area contributed by atoms with Crippen LogP contribution in [0.3, 0.4) is 0 Å². The number of unbranched alkanes of at least 4 members (excludes halogenated alkanes) is 5. The van der Waals surface area contributed by atoms with Crippen LogP contribution in [0, 0.1) is 5.41 Å². The minimum atomic E-state index is -0.708. The van der Waals surface area contributed by atoms with E-state index in [2.05, 4.69) is 13.8 Å². The van der Waals surface area contributed by atoms with Crippen LogP contribution in [-0.2, 0) is 0 Å². The standard InChI is InChI=1S/C8H18.C5H12O3/c1-3-5-7-8-6-4-2;1-5(2-6,3-7)4-8/h3-8H2,1-2H3;6-8H,2-4H2,1H3. The summed E-state index contributed by atoms with van der Waals surface area (Å²) in [5.74, 6) is 0. The zero-order chi connectivity index (χ0) is 12.9. The Morgan fingerprint density at radius 1 is 0.688 bits per heavy atom. The predicted octanol–water partition coefficient (Wildman–Crippen LogP) is 2.34. The topological polar surface area (TPSA) is 60.7 Å². The Hall–Kier alpha value is -0.120. The molecule has 0 bridgehead atoms. The van der Waals surface area contributed by atoms with Crippen LogP contribution in [0.4, 0.5) is 0 Å². The summed E-state index contributed by atoms with van der Waals surface area (Å²) < 4.78 is 0. The third-order valence-corrected chi connectivity index (χ3v) is 2.60. The SMILES string of the molecule is CC(CO)(CO)CO.CCCCCCCC. The van der Waals surface area contributed by atoms with Crippen molar-refractivity contribution in [3.05, 3.63) is 0 Å². The molecule has 0 fully saturated rings. The summed E-state index contributed by atoms with van der Waals surface area (Å²) in [4.78, 5) is 0. The average molecular weight is 234 g/mol. The van der Waals surface area contributed by atoms with E-state index in [0.29, 0.717) is 0 Å². The van der Waals surface area contributed by atoms with Gasteiger partial charge in [-0.3, -0.25) is 0 Å². The molecule has 0 atom stereocenters. The summed E-state index contributed by atoms with van der Waals surface area (Å²) in [6.07, 6.45) is 8.49. The van der Waals surface area contributed by atoms with Crippen molar-refractivity contribution in [2.75, 3.05) is 19.8 Å². The van der Waals surface area contributed by atoms with Gasteiger partial charge in [0.2, 0.25) is 0 Å². The molecule has 3 N–H and O–H groups in total. The first-order valence-electron chi connectivity index (χ1n) is 6.42. The summed E-state index contributed by atoms with van der Waals surface area (Å²) >= 11 is 0. The highest BCUT2D eigenvalue weighted by atomic mass is 16.3. The maximum Gasteiger partial charge on any atom is 0.0528 e. The second kappa shape index (κ2) is 12.9. The molecule has 0 unspecified atom stereocenters. The molecule has 0 spiro atoms. The van der Waals surface area contributed by atoms with Crippen LogP contribution < -0.4 is 0 Å². The second-order valence-electron chi connectivity index (χ2n) is 4.70. The molecule has 0 aliphatic heterocycles. The number of aliphatic hydroxyl groups excluding tert-OH is 3. The Bertz CT molecular complexity index is 108. The van der Waals surface area contributed by atoms with Crippen molar-refractivity contribution < 1.29 is 15.3 Å². The quantitative estimate of drug-likeness (QED) is 0.565. The van der Waals surface area contributed by atoms with Crippen molar-refractivity contribution in [1.82, 2.24) is 0 Å². The first kappa shape index (κ1) is 18.3. The van der Waals surface area contributed by atoms with E-state index in [1.807, 2.05) is 0 Å². The van der Waals surface area contributed by atoms with Crippen molar-refractivity contribution in [2.45, 2.75) is 59.3 Å². The molecule has 16 heavy (non-hydrogen) atoms. The fraction of sp³-hybridized carbons (Fsp3) is 1.00. The molecular formula is C13H30O3. The fourth-order valence-corrected chi connectivity index (χ4v) is 1.00. The summed E-state index contributed by atoms with van der Waals surface area (Å²) in [5, 5.41) is 25.4. The van der Waals surface area contributed by atoms with Gasteiger partial charge in [0.25, 0.3) is 0 Å². The molecule has 3 nitrogen and oxygen atoms in total. The van der Waals surface area contributed by atoms with E-state index in [1.54, 1.807) is 6.92 Å². The monoisotopic (exact) mass is 234 g/mol. The van der Waals surface area contributed by atoms with Crippen molar-refractivity contribution in [2.24, 2.45) is 5.41 Å². The van der Waals surface area contributed by atoms with Gasteiger partial charge in [0.05, 0.1) is 19.8 Å². The van der Waals surface area contributed by atoms with E-state index in [1.165, 1.54) is 38.5 Å². The van der Waals surface area contributed by atoms with Gasteiger partial charge in [-0.05, 0) is 0 Å². The van der Waals surface area contributed by atoms with Gasteiger partial charge >= 0.3 is 0 Å². The summed E-state index contributed by atoms with van der Waals surface area (Å²) in [6.45, 7) is 5.57. The lowest BCUT2D eigenvalue weighted by Gasteiger charge is -2.20. The minimum absolute atomic E-state index is 0.181. The number of hydrogen-bond donors (Lipinski definition) is 3. The molecule has 0 aromatic rings. The highest BCUT2D eigenvalue weighted by Crippen LogP contribution is 2.10. The molecule has 0 amide bonds. The third kappa shape index (κ3) is 12.0. The summed E-state index contributed by atoms with van der Waals surface area (Å²) in [7, 11) is 0. The largest absolute Gasteiger partial charge is 0.396 e. The maximum atomic E-state index is 8.47. The van der Waals surface area contributed by atoms with Crippen molar-refractivity contribution in [1.29, 1.82) is 0 Å². The molecule has 0 aromatic carbocycles. The van der Waals surface area contributed by atoms with E-state index >= 15 is 0 Å². The Balaban J connectivity index is 0. The zero-order valence-corrected chi connectivity index (χ0v) is 11.2. The van der Waals surface area contributed by atoms with Gasteiger partial charge in [-0.25, -0.2) is 0 Å². The molecule has 100 valence electrons. The number of aliphatic hydroxyl groups is 3. The normalized spacial score (nSPS) is 10.9. The molecule has 0 aromatic heterocycles. The molecule has 0 aliphatic carbocycles. The summed E-state index contributed by atoms with van der Waals surface area (Å²) in [5.41, 5.74) is -0.708. The molecule has 0 saturated carbocycles. The van der Waals surface area contributed by atoms with Crippen LogP contribution >= 0.6 is 0 Å². The van der Waals surface area contributed by atoms with Crippen LogP contribution in [0.5, 0.6) is 0 Å². The Morgan fingerprint density at radius 3 is 1.12 bits per heavy atom. The lowest BCUT2D eigenvalue weighted by atomic mass is 9.95. The molecule has 0 aliphatic rings. The smallest absolute Gasteiger partial charge is 0.0528 e. The summed E-state index contributed by atoms with van der Waals surface area (Å²) in [6, 6.07) is 0. The van der Waals surface area contributed by atoms with Crippen LogP contribution in [-0.4, -0.2) is 35.1 Å². The van der Waals surface area contributed by atoms with Crippen LogP contribution in [0.15, 0.2) is 0 Å². The first-order valence-corrected chi connectivity index (χ1v) is 6.42. The first-order chi connectivity index (χ1) is 7.60. The van der Waals surface area contributed by atoms with Gasteiger partial charge in [0.1, 0.15) is 0 Å². The molecule has 0 heterocycles. The zero-order valence-electron chi connectivity index (χ0n) is 11.2. The Morgan fingerprint density at radius 2 is 1.00 bits per heavy atom. The highest BCUT2D eigenvalue weighted by molar-refractivity contribution is 4.69. The lowest BCUT2D eigenvalue weighted by molar-refractivity contribution is 0.0200. The van der Waals surface area contributed by atoms with Gasteiger partial charge < -0.3 is 15.3 Å². The van der Waals surface area contributed by atoms with Gasteiger partial charge in [-0.2, -0.15) is 0 Å². The van der Waals surface area contributed by atoms with E-state index < -0.39 is 5.41 Å². The average Bonchev–Trinajstić information content (AvgIpc) is 2.34. The van der Waals surface area contributed by atoms with Gasteiger partial charge in [0.15, 0.2) is 0 Å². The van der Waals surface area contributed by atoms with E-state index in [9.17, 15) is 0 Å². The predicted molar refractivity (Wildman–Crippen MR) is 68.4 cm³/mol. The van der Waals surface area contributed by atoms with Gasteiger partial charge in [-0.1, -0.05) is 59.3 Å². The van der Waals surface area contributed by atoms with Crippen molar-refractivity contribution >= 4 is 0 Å². The van der Waals surface area contributed by atoms with Crippen molar-refractivity contribution in [3.8, 4) is 0 Å². The van der Waals surface area contributed by atoms with Crippen LogP contribution in [0.2, 0.25) is 0 Å². The van der Waals surface area contributed by atoms with Crippen LogP contribution in [0.1, 0.15) is 59.3 Å². The molecule has 0 rings (SSSR count). The van der Waals surface area contributed by atoms with E-state index in [0.717, 1.165) is 0 Å². The lowest BCUT2D eigenvalue weighted by Crippen LogP contribution is -2.29. The van der Waals surface area contributed by atoms with Gasteiger partial charge in [0, 0.05) is 5.41 Å². The third-order valence-electron chi connectivity index (χ3n) is 2.60. The second-order valence-corrected chi connectivity index (χ2v) is 4.70. The van der Waals surface area contributed by atoms with Crippen LogP contribution in [0.25, 0.3) is 0 Å². The molecule has 0 saturated heterocycles. The number of hydrogen-bond acceptors (Lipinski definition) is 3. The molecule has 0 radical (unpaired) electrons. The highest BCUT2D eigenvalue weighted by Gasteiger charge is 2.20. The Kier molecular flexibility index (Phi) is 14.8. The maximum absolute atomic E-state index is 8.47. The number of rotatable bonds is 8. The molecule has 3 heteroatoms. The minimum Gasteiger partial charge on any atom is -0.396 e. The van der Waals surface area contributed by atoms with E-state index in [-0.39, 0.29) is 19.8 Å².